The summed E-state index contributed by atoms with van der Waals surface area (Å²) in [7, 11) is 0. The van der Waals surface area contributed by atoms with Crippen molar-refractivity contribution < 1.29 is 4.42 Å². The lowest BCUT2D eigenvalue weighted by Gasteiger charge is -2.27. The number of furan rings is 1. The molecule has 13 rings (SSSR count). The van der Waals surface area contributed by atoms with E-state index in [2.05, 4.69) is 228 Å². The van der Waals surface area contributed by atoms with Crippen molar-refractivity contribution in [3.63, 3.8) is 0 Å². The van der Waals surface area contributed by atoms with Crippen LogP contribution >= 0.6 is 11.3 Å². The van der Waals surface area contributed by atoms with Gasteiger partial charge in [0.25, 0.3) is 0 Å². The molecular formula is C58H36N2OS. The molecule has 0 amide bonds. The zero-order valence-corrected chi connectivity index (χ0v) is 34.3. The Morgan fingerprint density at radius 2 is 1.00 bits per heavy atom. The highest BCUT2D eigenvalue weighted by molar-refractivity contribution is 7.25. The van der Waals surface area contributed by atoms with E-state index in [0.29, 0.717) is 0 Å². The van der Waals surface area contributed by atoms with Gasteiger partial charge in [0.2, 0.25) is 0 Å². The van der Waals surface area contributed by atoms with Crippen LogP contribution in [0.4, 0.5) is 17.1 Å². The van der Waals surface area contributed by atoms with Gasteiger partial charge in [-0.25, -0.2) is 0 Å². The molecule has 4 heteroatoms. The van der Waals surface area contributed by atoms with Gasteiger partial charge in [-0.05, 0) is 94.9 Å². The maximum Gasteiger partial charge on any atom is 0.143 e. The van der Waals surface area contributed by atoms with E-state index < -0.39 is 0 Å². The predicted octanol–water partition coefficient (Wildman–Crippen LogP) is 17.0. The summed E-state index contributed by atoms with van der Waals surface area (Å²) in [5.41, 5.74) is 13.2. The number of thiophene rings is 1. The Kier molecular flexibility index (Phi) is 7.78. The summed E-state index contributed by atoms with van der Waals surface area (Å²) in [6.45, 7) is 0. The first-order chi connectivity index (χ1) is 30.7. The zero-order chi connectivity index (χ0) is 40.7. The van der Waals surface area contributed by atoms with Gasteiger partial charge in [-0.15, -0.1) is 11.3 Å². The number of hydrogen-bond donors (Lipinski definition) is 0. The smallest absolute Gasteiger partial charge is 0.143 e. The highest BCUT2D eigenvalue weighted by Crippen LogP contribution is 2.46. The molecule has 0 bridgehead atoms. The number of benzene rings is 10. The molecule has 0 spiro atoms. The van der Waals surface area contributed by atoms with E-state index in [4.69, 9.17) is 4.42 Å². The van der Waals surface area contributed by atoms with Crippen LogP contribution in [0.3, 0.4) is 0 Å². The van der Waals surface area contributed by atoms with Crippen molar-refractivity contribution >= 4 is 103 Å². The predicted molar refractivity (Wildman–Crippen MR) is 264 cm³/mol. The fourth-order valence-electron chi connectivity index (χ4n) is 9.74. The Morgan fingerprint density at radius 1 is 0.403 bits per heavy atom. The molecule has 13 aromatic rings. The van der Waals surface area contributed by atoms with Crippen LogP contribution in [-0.4, -0.2) is 4.57 Å². The summed E-state index contributed by atoms with van der Waals surface area (Å²) in [6, 6.07) is 79.2. The largest absolute Gasteiger partial charge is 0.455 e. The molecule has 0 aliphatic carbocycles. The molecular weight excluding hydrogens is 773 g/mol. The molecule has 0 radical (unpaired) electrons. The van der Waals surface area contributed by atoms with Crippen molar-refractivity contribution in [2.24, 2.45) is 0 Å². The maximum absolute atomic E-state index is 6.72. The van der Waals surface area contributed by atoms with Crippen LogP contribution in [0.15, 0.2) is 223 Å². The summed E-state index contributed by atoms with van der Waals surface area (Å²) < 4.78 is 11.8. The van der Waals surface area contributed by atoms with Crippen LogP contribution in [0.5, 0.6) is 0 Å². The quantitative estimate of drug-likeness (QED) is 0.167. The normalized spacial score (nSPS) is 11.9. The first-order valence-corrected chi connectivity index (χ1v) is 21.9. The molecule has 62 heavy (non-hydrogen) atoms. The van der Waals surface area contributed by atoms with E-state index in [-0.39, 0.29) is 0 Å². The third-order valence-electron chi connectivity index (χ3n) is 12.6. The summed E-state index contributed by atoms with van der Waals surface area (Å²) >= 11 is 1.86. The van der Waals surface area contributed by atoms with Crippen molar-refractivity contribution in [3.8, 4) is 27.9 Å². The minimum atomic E-state index is 0.865. The Labute approximate surface area is 361 Å². The first-order valence-electron chi connectivity index (χ1n) is 21.1. The topological polar surface area (TPSA) is 21.3 Å². The molecule has 0 atom stereocenters. The van der Waals surface area contributed by atoms with Crippen LogP contribution < -0.4 is 4.90 Å². The molecule has 3 aromatic heterocycles. The second kappa shape index (κ2) is 13.8. The van der Waals surface area contributed by atoms with Crippen LogP contribution in [-0.2, 0) is 0 Å². The molecule has 0 saturated heterocycles. The van der Waals surface area contributed by atoms with Crippen LogP contribution in [0, 0.1) is 0 Å². The molecule has 0 fully saturated rings. The molecule has 0 saturated carbocycles. The third kappa shape index (κ3) is 5.37. The lowest BCUT2D eigenvalue weighted by Crippen LogP contribution is -2.10. The van der Waals surface area contributed by atoms with Crippen LogP contribution in [0.25, 0.3) is 103 Å². The van der Waals surface area contributed by atoms with Gasteiger partial charge in [0.05, 0.1) is 27.8 Å². The van der Waals surface area contributed by atoms with Crippen molar-refractivity contribution in [1.29, 1.82) is 0 Å². The lowest BCUT2D eigenvalue weighted by atomic mass is 10.0. The van der Waals surface area contributed by atoms with Gasteiger partial charge in [0, 0.05) is 58.7 Å². The number of rotatable bonds is 6. The second-order valence-corrected chi connectivity index (χ2v) is 17.1. The number of fused-ring (bicyclic) bond motifs is 11. The van der Waals surface area contributed by atoms with Gasteiger partial charge < -0.3 is 13.9 Å². The van der Waals surface area contributed by atoms with E-state index in [9.17, 15) is 0 Å². The number of hydrogen-bond acceptors (Lipinski definition) is 3. The molecule has 0 aliphatic rings. The number of nitrogens with zero attached hydrogens (tertiary/aromatic N) is 2. The van der Waals surface area contributed by atoms with Crippen LogP contribution in [0.1, 0.15) is 0 Å². The SMILES string of the molecule is c1ccc(-n2c3ccccc3c3ccccc32)c(-c2ccc(N(c3ccc(-c4ccc5c(c4)sc4ccccc45)cc3)c3cccc4oc5c6ccccc6ccc5c34)cc2)c1. The summed E-state index contributed by atoms with van der Waals surface area (Å²) in [6.07, 6.45) is 0. The van der Waals surface area contributed by atoms with E-state index in [1.54, 1.807) is 0 Å². The van der Waals surface area contributed by atoms with Gasteiger partial charge >= 0.3 is 0 Å². The summed E-state index contributed by atoms with van der Waals surface area (Å²) in [5, 5.41) is 9.61. The summed E-state index contributed by atoms with van der Waals surface area (Å²) in [4.78, 5) is 2.38. The Hall–Kier alpha value is -7.92. The van der Waals surface area contributed by atoms with Crippen molar-refractivity contribution in [2.45, 2.75) is 0 Å². The fraction of sp³-hybridized carbons (Fsp3) is 0. The average Bonchev–Trinajstić information content (AvgIpc) is 4.02. The Balaban J connectivity index is 0.962. The highest BCUT2D eigenvalue weighted by Gasteiger charge is 2.22. The van der Waals surface area contributed by atoms with E-state index >= 15 is 0 Å². The molecule has 0 unspecified atom stereocenters. The second-order valence-electron chi connectivity index (χ2n) is 16.0. The minimum absolute atomic E-state index is 0.865. The lowest BCUT2D eigenvalue weighted by molar-refractivity contribution is 0.672. The monoisotopic (exact) mass is 808 g/mol. The van der Waals surface area contributed by atoms with Crippen molar-refractivity contribution in [1.82, 2.24) is 4.57 Å². The number of anilines is 3. The van der Waals surface area contributed by atoms with Gasteiger partial charge in [-0.2, -0.15) is 0 Å². The summed E-state index contributed by atoms with van der Waals surface area (Å²) in [5.74, 6) is 0. The van der Waals surface area contributed by atoms with Gasteiger partial charge in [0.15, 0.2) is 0 Å². The van der Waals surface area contributed by atoms with Crippen molar-refractivity contribution in [2.75, 3.05) is 4.90 Å². The third-order valence-corrected chi connectivity index (χ3v) is 13.7. The molecule has 290 valence electrons. The highest BCUT2D eigenvalue weighted by atomic mass is 32.1. The fourth-order valence-corrected chi connectivity index (χ4v) is 10.9. The van der Waals surface area contributed by atoms with E-state index in [1.807, 2.05) is 11.3 Å². The number of aromatic nitrogens is 1. The standard InChI is InChI=1S/C58H36N2OS/c1-2-14-44-38(12-1)28-35-49-57-53(21-11-22-54(57)61-58(44)49)59(41-30-24-37(25-31-41)40-29-34-48-47-17-6-10-23-55(47)62-56(48)36-40)42-32-26-39(27-33-42)43-13-3-7-18-50(43)60-51-19-8-4-15-45(51)46-16-5-9-20-52(46)60/h1-36H. The Morgan fingerprint density at radius 3 is 1.77 bits per heavy atom. The van der Waals surface area contributed by atoms with E-state index in [1.165, 1.54) is 64.1 Å². The first kappa shape index (κ1) is 34.9. The van der Waals surface area contributed by atoms with Gasteiger partial charge in [-0.3, -0.25) is 0 Å². The van der Waals surface area contributed by atoms with Gasteiger partial charge in [-0.1, -0.05) is 146 Å². The molecule has 0 aliphatic heterocycles. The molecule has 3 heterocycles. The van der Waals surface area contributed by atoms with E-state index in [0.717, 1.165) is 55.6 Å². The van der Waals surface area contributed by atoms with Gasteiger partial charge in [0.1, 0.15) is 11.2 Å². The Bertz CT molecular complexity index is 3820. The molecule has 0 N–H and O–H groups in total. The number of para-hydroxylation sites is 3. The molecule has 3 nitrogen and oxygen atoms in total. The average molecular weight is 809 g/mol. The van der Waals surface area contributed by atoms with Crippen molar-refractivity contribution in [3.05, 3.63) is 218 Å². The minimum Gasteiger partial charge on any atom is -0.455 e. The zero-order valence-electron chi connectivity index (χ0n) is 33.5. The maximum atomic E-state index is 6.72. The van der Waals surface area contributed by atoms with Crippen LogP contribution in [0.2, 0.25) is 0 Å². The molecule has 10 aromatic carbocycles.